The van der Waals surface area contributed by atoms with Crippen molar-refractivity contribution < 1.29 is 0 Å². The summed E-state index contributed by atoms with van der Waals surface area (Å²) in [5, 5.41) is 0.530. The summed E-state index contributed by atoms with van der Waals surface area (Å²) in [6.45, 7) is 21.4. The zero-order valence-electron chi connectivity index (χ0n) is 18.5. The van der Waals surface area contributed by atoms with Gasteiger partial charge in [-0.25, -0.2) is 0 Å². The largest absolute Gasteiger partial charge is 0.340 e. The molecule has 156 valence electrons. The summed E-state index contributed by atoms with van der Waals surface area (Å²) in [4.78, 5) is 4.96. The highest BCUT2D eigenvalue weighted by Crippen LogP contribution is 2.45. The Labute approximate surface area is 182 Å². The number of fused-ring (bicyclic) bond motifs is 1. The van der Waals surface area contributed by atoms with E-state index in [9.17, 15) is 0 Å². The fourth-order valence-electron chi connectivity index (χ4n) is 4.80. The average molecular weight is 411 g/mol. The molecule has 1 aromatic rings. The number of allylic oxidation sites excluding steroid dienone is 5. The average Bonchev–Trinajstić information content (AvgIpc) is 2.98. The third kappa shape index (κ3) is 4.39. The predicted molar refractivity (Wildman–Crippen MR) is 128 cm³/mol. The number of likely N-dealkylation sites (tertiary alicyclic amines) is 1. The van der Waals surface area contributed by atoms with Crippen molar-refractivity contribution in [1.82, 2.24) is 4.90 Å². The van der Waals surface area contributed by atoms with Crippen LogP contribution < -0.4 is 4.90 Å². The van der Waals surface area contributed by atoms with Gasteiger partial charge in [0.1, 0.15) is 0 Å². The van der Waals surface area contributed by atoms with E-state index in [1.54, 1.807) is 0 Å². The van der Waals surface area contributed by atoms with Crippen molar-refractivity contribution in [3.63, 3.8) is 0 Å². The number of rotatable bonds is 6. The number of piperidine rings is 1. The van der Waals surface area contributed by atoms with Crippen molar-refractivity contribution in [3.05, 3.63) is 77.0 Å². The maximum absolute atomic E-state index is 6.34. The first-order valence-corrected chi connectivity index (χ1v) is 11.2. The highest BCUT2D eigenvalue weighted by Gasteiger charge is 2.37. The van der Waals surface area contributed by atoms with Crippen LogP contribution in [0.4, 0.5) is 5.69 Å². The lowest BCUT2D eigenvalue weighted by atomic mass is 9.84. The third-order valence-corrected chi connectivity index (χ3v) is 6.69. The Morgan fingerprint density at radius 3 is 2.52 bits per heavy atom. The Hall–Kier alpha value is -1.77. The van der Waals surface area contributed by atoms with Crippen LogP contribution in [0, 0.1) is 0 Å². The van der Waals surface area contributed by atoms with Gasteiger partial charge in [0, 0.05) is 33.9 Å². The molecule has 2 aliphatic heterocycles. The molecule has 1 fully saturated rings. The van der Waals surface area contributed by atoms with E-state index in [0.29, 0.717) is 11.0 Å². The molecule has 2 heterocycles. The van der Waals surface area contributed by atoms with Gasteiger partial charge >= 0.3 is 0 Å². The van der Waals surface area contributed by atoms with Gasteiger partial charge in [0.05, 0.1) is 0 Å². The molecule has 0 bridgehead atoms. The summed E-state index contributed by atoms with van der Waals surface area (Å²) < 4.78 is 0. The van der Waals surface area contributed by atoms with Crippen LogP contribution in [0.5, 0.6) is 0 Å². The molecule has 0 atom stereocenters. The summed E-state index contributed by atoms with van der Waals surface area (Å²) in [6.07, 6.45) is 8.49. The molecule has 0 aromatic heterocycles. The molecule has 2 nitrogen and oxygen atoms in total. The molecule has 0 spiro atoms. The van der Waals surface area contributed by atoms with E-state index in [1.807, 2.05) is 13.0 Å². The molecule has 0 saturated carbocycles. The van der Waals surface area contributed by atoms with Crippen molar-refractivity contribution in [1.29, 1.82) is 0 Å². The summed E-state index contributed by atoms with van der Waals surface area (Å²) in [7, 11) is 0. The van der Waals surface area contributed by atoms with Crippen molar-refractivity contribution in [2.24, 2.45) is 0 Å². The number of hydrogen-bond donors (Lipinski definition) is 0. The SMILES string of the molecule is C=C/C(C(=C)Cl)=C(/C=CC)N1CC(C)(C)c2ccc(C3CCN(CC)CC3)cc21. The molecule has 0 unspecified atom stereocenters. The molecule has 0 radical (unpaired) electrons. The first kappa shape index (κ1) is 21.9. The lowest BCUT2D eigenvalue weighted by Gasteiger charge is -2.32. The molecule has 0 N–H and O–H groups in total. The van der Waals surface area contributed by atoms with E-state index >= 15 is 0 Å². The summed E-state index contributed by atoms with van der Waals surface area (Å²) in [6, 6.07) is 7.15. The van der Waals surface area contributed by atoms with Crippen LogP contribution in [-0.4, -0.2) is 31.1 Å². The second-order valence-electron chi connectivity index (χ2n) is 8.86. The highest BCUT2D eigenvalue weighted by atomic mass is 35.5. The summed E-state index contributed by atoms with van der Waals surface area (Å²) >= 11 is 6.34. The van der Waals surface area contributed by atoms with Crippen LogP contribution in [0.3, 0.4) is 0 Å². The molecular formula is C26H35ClN2. The van der Waals surface area contributed by atoms with Gasteiger partial charge in [0.15, 0.2) is 0 Å². The van der Waals surface area contributed by atoms with Gasteiger partial charge in [0.2, 0.25) is 0 Å². The van der Waals surface area contributed by atoms with Crippen molar-refractivity contribution >= 4 is 17.3 Å². The van der Waals surface area contributed by atoms with Crippen LogP contribution in [0.1, 0.15) is 57.6 Å². The van der Waals surface area contributed by atoms with E-state index in [-0.39, 0.29) is 5.41 Å². The zero-order chi connectivity index (χ0) is 21.2. The molecule has 29 heavy (non-hydrogen) atoms. The molecule has 0 aliphatic carbocycles. The van der Waals surface area contributed by atoms with Crippen molar-refractivity contribution in [3.8, 4) is 0 Å². The van der Waals surface area contributed by atoms with Gasteiger partial charge in [-0.2, -0.15) is 0 Å². The smallest absolute Gasteiger partial charge is 0.0496 e. The Kier molecular flexibility index (Phi) is 6.76. The molecule has 2 aliphatic rings. The first-order chi connectivity index (χ1) is 13.8. The molecule has 0 amide bonds. The predicted octanol–water partition coefficient (Wildman–Crippen LogP) is 6.75. The van der Waals surface area contributed by atoms with E-state index in [4.69, 9.17) is 11.6 Å². The molecule has 1 aromatic carbocycles. The second-order valence-corrected chi connectivity index (χ2v) is 9.32. The van der Waals surface area contributed by atoms with Gasteiger partial charge in [-0.1, -0.05) is 69.8 Å². The van der Waals surface area contributed by atoms with E-state index in [2.05, 4.69) is 74.1 Å². The van der Waals surface area contributed by atoms with E-state index in [0.717, 1.165) is 24.4 Å². The number of nitrogens with zero attached hydrogens (tertiary/aromatic N) is 2. The van der Waals surface area contributed by atoms with Crippen LogP contribution in [0.25, 0.3) is 0 Å². The number of halogens is 1. The maximum atomic E-state index is 6.34. The molecule has 3 heteroatoms. The third-order valence-electron chi connectivity index (χ3n) is 6.49. The minimum Gasteiger partial charge on any atom is -0.340 e. The Morgan fingerprint density at radius 2 is 1.97 bits per heavy atom. The van der Waals surface area contributed by atoms with Gasteiger partial charge in [-0.15, -0.1) is 0 Å². The second kappa shape index (κ2) is 8.93. The minimum absolute atomic E-state index is 0.0756. The lowest BCUT2D eigenvalue weighted by molar-refractivity contribution is 0.222. The molecule has 1 saturated heterocycles. The topological polar surface area (TPSA) is 6.48 Å². The number of benzene rings is 1. The van der Waals surface area contributed by atoms with Crippen LogP contribution in [0.2, 0.25) is 0 Å². The lowest BCUT2D eigenvalue weighted by Crippen LogP contribution is -2.32. The fourth-order valence-corrected chi connectivity index (χ4v) is 4.97. The van der Waals surface area contributed by atoms with Crippen molar-refractivity contribution in [2.75, 3.05) is 31.1 Å². The maximum Gasteiger partial charge on any atom is 0.0496 e. The quantitative estimate of drug-likeness (QED) is 0.478. The van der Waals surface area contributed by atoms with E-state index in [1.165, 1.54) is 42.7 Å². The van der Waals surface area contributed by atoms with Crippen LogP contribution in [-0.2, 0) is 5.41 Å². The number of hydrogen-bond acceptors (Lipinski definition) is 2. The van der Waals surface area contributed by atoms with Gasteiger partial charge in [-0.3, -0.25) is 0 Å². The highest BCUT2D eigenvalue weighted by molar-refractivity contribution is 6.32. The van der Waals surface area contributed by atoms with Crippen LogP contribution >= 0.6 is 11.6 Å². The van der Waals surface area contributed by atoms with Crippen LogP contribution in [0.15, 0.2) is 65.9 Å². The first-order valence-electron chi connectivity index (χ1n) is 10.8. The van der Waals surface area contributed by atoms with Gasteiger partial charge in [-0.05, 0) is 68.6 Å². The Bertz CT molecular complexity index is 838. The molecular weight excluding hydrogens is 376 g/mol. The van der Waals surface area contributed by atoms with E-state index < -0.39 is 0 Å². The van der Waals surface area contributed by atoms with Gasteiger partial charge in [0.25, 0.3) is 0 Å². The standard InChI is InChI=1S/C26H35ClN2/c1-7-10-24(22(8-2)19(4)27)29-18-26(5,6)23-12-11-21(17-25(23)29)20-13-15-28(9-3)16-14-20/h7-8,10-12,17,20H,2,4,9,13-16,18H2,1,3,5-6H3/b10-7?,24-22+. The van der Waals surface area contributed by atoms with Crippen molar-refractivity contribution in [2.45, 2.75) is 51.9 Å². The minimum atomic E-state index is 0.0756. The normalized spacial score (nSPS) is 20.7. The Balaban J connectivity index is 2.04. The van der Waals surface area contributed by atoms with Gasteiger partial charge < -0.3 is 9.80 Å². The fraction of sp³-hybridized carbons (Fsp3) is 0.462. The summed E-state index contributed by atoms with van der Waals surface area (Å²) in [5.41, 5.74) is 6.22. The molecule has 3 rings (SSSR count). The zero-order valence-corrected chi connectivity index (χ0v) is 19.2. The monoisotopic (exact) mass is 410 g/mol. The summed E-state index contributed by atoms with van der Waals surface area (Å²) in [5.74, 6) is 0.643. The number of anilines is 1. The Morgan fingerprint density at radius 1 is 1.28 bits per heavy atom.